The summed E-state index contributed by atoms with van der Waals surface area (Å²) in [4.78, 5) is 8.03. The minimum Gasteiger partial charge on any atom is -0.383 e. The van der Waals surface area contributed by atoms with Crippen molar-refractivity contribution < 1.29 is 9.59 Å². The molecule has 1 saturated carbocycles. The Hall–Kier alpha value is -3.14. The first-order valence-electron chi connectivity index (χ1n) is 8.42. The molecule has 1 atom stereocenters. The van der Waals surface area contributed by atoms with Gasteiger partial charge in [0.2, 0.25) is 0 Å². The van der Waals surface area contributed by atoms with Gasteiger partial charge in [0, 0.05) is 5.56 Å². The molecule has 2 aromatic rings. The Balaban J connectivity index is 1.49. The summed E-state index contributed by atoms with van der Waals surface area (Å²) in [5.41, 5.74) is 1.61. The topological polar surface area (TPSA) is 76.3 Å². The minimum atomic E-state index is -0.904. The van der Waals surface area contributed by atoms with Gasteiger partial charge in [-0.25, -0.2) is 10.0 Å². The molecular formula is C16H15FN8O. The van der Waals surface area contributed by atoms with Crippen LogP contribution < -0.4 is 10.0 Å². The van der Waals surface area contributed by atoms with Gasteiger partial charge in [-0.15, -0.1) is 9.89 Å². The molecule has 0 bridgehead atoms. The van der Waals surface area contributed by atoms with Gasteiger partial charge >= 0.3 is 0 Å². The lowest BCUT2D eigenvalue weighted by molar-refractivity contribution is 0.104. The number of hydrogen-bond donors (Lipinski definition) is 1. The van der Waals surface area contributed by atoms with Gasteiger partial charge in [0.25, 0.3) is 0 Å². The van der Waals surface area contributed by atoms with Crippen LogP contribution in [0.2, 0.25) is 0 Å². The molecule has 1 fully saturated rings. The number of aliphatic hydroxyl groups is 1. The molecule has 0 amide bonds. The van der Waals surface area contributed by atoms with Gasteiger partial charge in [-0.1, -0.05) is 22.7 Å². The third kappa shape index (κ3) is 1.69. The summed E-state index contributed by atoms with van der Waals surface area (Å²) in [5, 5.41) is 22.8. The summed E-state index contributed by atoms with van der Waals surface area (Å²) < 4.78 is 14.1. The third-order valence-corrected chi connectivity index (χ3v) is 5.24. The highest BCUT2D eigenvalue weighted by molar-refractivity contribution is 5.74. The summed E-state index contributed by atoms with van der Waals surface area (Å²) in [5.74, 6) is 0.651. The van der Waals surface area contributed by atoms with Gasteiger partial charge in [0.15, 0.2) is 12.0 Å². The van der Waals surface area contributed by atoms with E-state index in [0.717, 1.165) is 11.3 Å². The summed E-state index contributed by atoms with van der Waals surface area (Å²) >= 11 is 0. The number of anilines is 1. The summed E-state index contributed by atoms with van der Waals surface area (Å²) in [6, 6.07) is 7.83. The second-order valence-electron chi connectivity index (χ2n) is 6.86. The van der Waals surface area contributed by atoms with Crippen LogP contribution in [0.1, 0.15) is 30.3 Å². The van der Waals surface area contributed by atoms with Crippen molar-refractivity contribution in [1.29, 1.82) is 0 Å². The first-order valence-corrected chi connectivity index (χ1v) is 8.42. The van der Waals surface area contributed by atoms with Crippen LogP contribution in [0.4, 0.5) is 10.2 Å². The number of hydrazine groups is 1. The fourth-order valence-electron chi connectivity index (χ4n) is 3.78. The molecule has 10 heteroatoms. The molecule has 1 aliphatic carbocycles. The number of aliphatic imine (C=N–C) groups is 1. The Morgan fingerprint density at radius 1 is 1.23 bits per heavy atom. The zero-order chi connectivity index (χ0) is 17.5. The first kappa shape index (κ1) is 14.1. The van der Waals surface area contributed by atoms with Gasteiger partial charge in [-0.2, -0.15) is 10.2 Å². The van der Waals surface area contributed by atoms with Gasteiger partial charge in [-0.3, -0.25) is 0 Å². The van der Waals surface area contributed by atoms with E-state index < -0.39 is 5.60 Å². The van der Waals surface area contributed by atoms with Crippen molar-refractivity contribution in [2.45, 2.75) is 24.6 Å². The lowest BCUT2D eigenvalue weighted by atomic mass is 10.1. The standard InChI is InChI=1S/C16H15FN8O/c17-21-8-14-22(10-21)12-4-2-1-3-11(12)15-18-9-23(24(14)15)25-13(7-19-20-25)16(26)5-6-16/h1-4,7-9,15,26H,5-6,10H2. The number of fused-ring (bicyclic) bond motifs is 6. The number of benzene rings is 1. The van der Waals surface area contributed by atoms with Gasteiger partial charge in [0.1, 0.15) is 24.3 Å². The van der Waals surface area contributed by atoms with Gasteiger partial charge < -0.3 is 10.0 Å². The van der Waals surface area contributed by atoms with E-state index in [9.17, 15) is 9.59 Å². The van der Waals surface area contributed by atoms with Crippen LogP contribution in [0.15, 0.2) is 47.5 Å². The van der Waals surface area contributed by atoms with Crippen LogP contribution in [0.5, 0.6) is 0 Å². The second kappa shape index (κ2) is 4.52. The Morgan fingerprint density at radius 3 is 2.92 bits per heavy atom. The predicted molar refractivity (Wildman–Crippen MR) is 89.3 cm³/mol. The van der Waals surface area contributed by atoms with Crippen molar-refractivity contribution in [2.24, 2.45) is 4.99 Å². The van der Waals surface area contributed by atoms with E-state index in [1.54, 1.807) is 17.7 Å². The Morgan fingerprint density at radius 2 is 2.08 bits per heavy atom. The fourth-order valence-corrected chi connectivity index (χ4v) is 3.78. The molecule has 1 aromatic heterocycles. The third-order valence-electron chi connectivity index (χ3n) is 5.24. The lowest BCUT2D eigenvalue weighted by Gasteiger charge is -2.42. The zero-order valence-corrected chi connectivity index (χ0v) is 13.6. The van der Waals surface area contributed by atoms with Crippen molar-refractivity contribution in [3.8, 4) is 0 Å². The molecule has 0 radical (unpaired) electrons. The van der Waals surface area contributed by atoms with Crippen LogP contribution >= 0.6 is 0 Å². The second-order valence-corrected chi connectivity index (χ2v) is 6.86. The number of aromatic nitrogens is 3. The van der Waals surface area contributed by atoms with E-state index in [-0.39, 0.29) is 12.8 Å². The molecule has 3 aliphatic heterocycles. The SMILES string of the molecule is OC1(c2cnnn2N2C=NC3c4ccccc4N4CN(F)C=C4N32)CC1. The average Bonchev–Trinajstić information content (AvgIpc) is 3.05. The maximum Gasteiger partial charge on any atom is 0.173 e. The van der Waals surface area contributed by atoms with E-state index in [4.69, 9.17) is 0 Å². The molecule has 1 N–H and O–H groups in total. The predicted octanol–water partition coefficient (Wildman–Crippen LogP) is 0.932. The monoisotopic (exact) mass is 354 g/mol. The van der Waals surface area contributed by atoms with E-state index in [1.165, 1.54) is 11.0 Å². The Kier molecular flexibility index (Phi) is 2.45. The number of para-hydroxylation sites is 1. The molecule has 1 unspecified atom stereocenters. The summed E-state index contributed by atoms with van der Waals surface area (Å²) in [6.07, 6.45) is 5.65. The highest BCUT2D eigenvalue weighted by Gasteiger charge is 2.49. The molecule has 4 aliphatic rings. The first-order chi connectivity index (χ1) is 12.7. The lowest BCUT2D eigenvalue weighted by Crippen LogP contribution is -2.52. The molecule has 6 rings (SSSR count). The highest BCUT2D eigenvalue weighted by Crippen LogP contribution is 2.47. The molecule has 4 heterocycles. The van der Waals surface area contributed by atoms with Crippen LogP contribution in [-0.2, 0) is 5.60 Å². The average molecular weight is 354 g/mol. The maximum atomic E-state index is 14.1. The van der Waals surface area contributed by atoms with Crippen molar-refractivity contribution in [1.82, 2.24) is 25.2 Å². The van der Waals surface area contributed by atoms with Crippen LogP contribution in [0.25, 0.3) is 0 Å². The van der Waals surface area contributed by atoms with Crippen LogP contribution in [0, 0.1) is 0 Å². The molecule has 1 aromatic carbocycles. The fraction of sp³-hybridized carbons (Fsp3) is 0.312. The van der Waals surface area contributed by atoms with E-state index in [2.05, 4.69) is 15.3 Å². The number of rotatable bonds is 2. The van der Waals surface area contributed by atoms with E-state index >= 15 is 0 Å². The number of halogens is 1. The summed E-state index contributed by atoms with van der Waals surface area (Å²) in [6.45, 7) is 0.109. The number of nitrogens with zero attached hydrogens (tertiary/aromatic N) is 8. The smallest absolute Gasteiger partial charge is 0.173 e. The zero-order valence-electron chi connectivity index (χ0n) is 13.6. The minimum absolute atomic E-state index is 0.109. The summed E-state index contributed by atoms with van der Waals surface area (Å²) in [7, 11) is 0. The molecule has 132 valence electrons. The quantitative estimate of drug-likeness (QED) is 0.804. The maximum absolute atomic E-state index is 14.1. The molecule has 26 heavy (non-hydrogen) atoms. The molecule has 9 nitrogen and oxygen atoms in total. The molecule has 0 spiro atoms. The highest BCUT2D eigenvalue weighted by atomic mass is 19.2. The van der Waals surface area contributed by atoms with E-state index in [0.29, 0.717) is 29.5 Å². The van der Waals surface area contributed by atoms with Crippen LogP contribution in [-0.4, -0.2) is 43.3 Å². The normalized spacial score (nSPS) is 24.5. The van der Waals surface area contributed by atoms with Gasteiger partial charge in [0.05, 0.1) is 18.1 Å². The van der Waals surface area contributed by atoms with Crippen molar-refractivity contribution >= 4 is 12.0 Å². The van der Waals surface area contributed by atoms with Crippen molar-refractivity contribution in [3.63, 3.8) is 0 Å². The van der Waals surface area contributed by atoms with Crippen molar-refractivity contribution in [2.75, 3.05) is 16.7 Å². The van der Waals surface area contributed by atoms with Crippen LogP contribution in [0.3, 0.4) is 0 Å². The number of hydrogen-bond acceptors (Lipinski definition) is 8. The van der Waals surface area contributed by atoms with E-state index in [1.807, 2.05) is 34.2 Å². The molecular weight excluding hydrogens is 339 g/mol. The largest absolute Gasteiger partial charge is 0.383 e. The Labute approximate surface area is 147 Å². The van der Waals surface area contributed by atoms with Crippen molar-refractivity contribution in [3.05, 3.63) is 53.7 Å². The molecule has 0 saturated heterocycles. The van der Waals surface area contributed by atoms with Gasteiger partial charge in [-0.05, 0) is 24.1 Å². The Bertz CT molecular complexity index is 967.